The van der Waals surface area contributed by atoms with Crippen LogP contribution in [-0.2, 0) is 6.42 Å². The van der Waals surface area contributed by atoms with E-state index < -0.39 is 5.82 Å². The van der Waals surface area contributed by atoms with Crippen LogP contribution in [0.1, 0.15) is 10.4 Å². The van der Waals surface area contributed by atoms with Crippen LogP contribution in [0.25, 0.3) is 64.4 Å². The summed E-state index contributed by atoms with van der Waals surface area (Å²) in [5.74, 6) is -0.712. The number of nitrogens with one attached hydrogen (secondary N) is 2. The van der Waals surface area contributed by atoms with E-state index >= 15 is 4.39 Å². The standard InChI is InChI=1S/C29H17FN8OS/c30-25-24-19-14-33-26(25)16-9-17(11-31-10-16)38(22(39)8-15-4-2-1-3-5-15)23-7-6-21(40-23)18-12-32-13-20-27(18)35-29(34-20)28(24)37-36-19/h1-7,9-14H,8H2,(H,34,35)(H,36,37). The Labute approximate surface area is 227 Å². The molecule has 0 unspecified atom stereocenters. The van der Waals surface area contributed by atoms with E-state index in [1.54, 1.807) is 29.2 Å². The van der Waals surface area contributed by atoms with Crippen molar-refractivity contribution in [1.29, 1.82) is 0 Å². The molecular weight excluding hydrogens is 527 g/mol. The van der Waals surface area contributed by atoms with Gasteiger partial charge in [0, 0.05) is 27.9 Å². The Morgan fingerprint density at radius 2 is 1.80 bits per heavy atom. The van der Waals surface area contributed by atoms with Crippen LogP contribution in [0.2, 0.25) is 0 Å². The van der Waals surface area contributed by atoms with E-state index in [2.05, 4.69) is 30.1 Å². The number of thiophene rings is 1. The number of pyridine rings is 3. The number of rotatable bonds is 2. The van der Waals surface area contributed by atoms with Crippen LogP contribution >= 0.6 is 11.3 Å². The molecule has 1 aromatic carbocycles. The molecule has 11 heteroatoms. The van der Waals surface area contributed by atoms with Gasteiger partial charge in [-0.05, 0) is 23.8 Å². The van der Waals surface area contributed by atoms with Gasteiger partial charge in [0.05, 0.1) is 46.9 Å². The van der Waals surface area contributed by atoms with Crippen molar-refractivity contribution in [2.24, 2.45) is 0 Å². The van der Waals surface area contributed by atoms with Crippen LogP contribution in [0.15, 0.2) is 79.5 Å². The summed E-state index contributed by atoms with van der Waals surface area (Å²) in [7, 11) is 0. The molecule has 40 heavy (non-hydrogen) atoms. The second-order valence-electron chi connectivity index (χ2n) is 9.41. The number of hydrogen-bond acceptors (Lipinski definition) is 7. The lowest BCUT2D eigenvalue weighted by Gasteiger charge is -2.08. The number of nitrogens with zero attached hydrogens (tertiary/aromatic N) is 6. The minimum atomic E-state index is -0.561. The van der Waals surface area contributed by atoms with Gasteiger partial charge in [0.1, 0.15) is 21.4 Å². The number of carbonyl (C=O) groups excluding carboxylic acids is 1. The van der Waals surface area contributed by atoms with Crippen molar-refractivity contribution in [2.75, 3.05) is 0 Å². The predicted molar refractivity (Wildman–Crippen MR) is 153 cm³/mol. The van der Waals surface area contributed by atoms with Crippen LogP contribution in [0.4, 0.5) is 4.39 Å². The first-order chi connectivity index (χ1) is 19.6. The second-order valence-corrected chi connectivity index (χ2v) is 10.5. The molecule has 7 aromatic heterocycles. The first kappa shape index (κ1) is 22.7. The summed E-state index contributed by atoms with van der Waals surface area (Å²) in [6.07, 6.45) is 8.27. The molecular formula is C29H17FN8OS. The number of aromatic amines is 2. The van der Waals surface area contributed by atoms with Crippen molar-refractivity contribution in [3.8, 4) is 0 Å². The topological polar surface area (TPSA) is 118 Å². The lowest BCUT2D eigenvalue weighted by atomic mass is 10.1. The third-order valence-electron chi connectivity index (χ3n) is 6.94. The smallest absolute Gasteiger partial charge is 0.236 e. The highest BCUT2D eigenvalue weighted by Gasteiger charge is 2.17. The molecule has 8 rings (SSSR count). The van der Waals surface area contributed by atoms with Crippen LogP contribution < -0.4 is 0 Å². The summed E-state index contributed by atoms with van der Waals surface area (Å²) in [5, 5.41) is 8.71. The highest BCUT2D eigenvalue weighted by atomic mass is 32.1. The van der Waals surface area contributed by atoms with Gasteiger partial charge in [-0.25, -0.2) is 9.37 Å². The van der Waals surface area contributed by atoms with E-state index in [4.69, 9.17) is 4.98 Å². The number of imidazole rings is 1. The average molecular weight is 545 g/mol. The number of carbonyl (C=O) groups is 1. The highest BCUT2D eigenvalue weighted by Crippen LogP contribution is 2.31. The predicted octanol–water partition coefficient (Wildman–Crippen LogP) is 6.25. The zero-order chi connectivity index (χ0) is 26.8. The van der Waals surface area contributed by atoms with Gasteiger partial charge in [-0.1, -0.05) is 30.3 Å². The monoisotopic (exact) mass is 544 g/mol. The fourth-order valence-corrected chi connectivity index (χ4v) is 6.14. The molecule has 2 N–H and O–H groups in total. The molecule has 0 aliphatic rings. The van der Waals surface area contributed by atoms with Crippen molar-refractivity contribution >= 4 is 81.7 Å². The van der Waals surface area contributed by atoms with E-state index in [1.807, 2.05) is 42.5 Å². The zero-order valence-corrected chi connectivity index (χ0v) is 21.4. The molecule has 7 heterocycles. The van der Waals surface area contributed by atoms with Crippen molar-refractivity contribution in [3.63, 3.8) is 0 Å². The number of fused-ring (bicyclic) bond motifs is 9. The number of H-pyrrole nitrogens is 2. The number of benzene rings is 1. The maximum Gasteiger partial charge on any atom is 0.236 e. The van der Waals surface area contributed by atoms with Crippen molar-refractivity contribution in [3.05, 3.63) is 90.9 Å². The summed E-state index contributed by atoms with van der Waals surface area (Å²) in [6, 6.07) is 15.1. The molecule has 0 atom stereocenters. The lowest BCUT2D eigenvalue weighted by Crippen LogP contribution is -2.14. The quantitative estimate of drug-likeness (QED) is 0.266. The second kappa shape index (κ2) is 8.61. The Balaban J connectivity index is 1.57. The van der Waals surface area contributed by atoms with Crippen LogP contribution in [0.5, 0.6) is 0 Å². The van der Waals surface area contributed by atoms with Crippen molar-refractivity contribution < 1.29 is 9.18 Å². The summed E-state index contributed by atoms with van der Waals surface area (Å²) < 4.78 is 18.7. The average Bonchev–Trinajstić information content (AvgIpc) is 3.72. The van der Waals surface area contributed by atoms with Gasteiger partial charge in [0.2, 0.25) is 5.91 Å². The number of hydrogen-bond donors (Lipinski definition) is 2. The van der Waals surface area contributed by atoms with Gasteiger partial charge >= 0.3 is 0 Å². The van der Waals surface area contributed by atoms with Gasteiger partial charge < -0.3 is 4.98 Å². The lowest BCUT2D eigenvalue weighted by molar-refractivity contribution is 0.0924. The Bertz CT molecular complexity index is 2350. The molecule has 8 aromatic rings. The summed E-state index contributed by atoms with van der Waals surface area (Å²) >= 11 is 1.44. The van der Waals surface area contributed by atoms with Gasteiger partial charge in [-0.3, -0.25) is 29.4 Å². The Morgan fingerprint density at radius 3 is 2.70 bits per heavy atom. The first-order valence-corrected chi connectivity index (χ1v) is 13.2. The van der Waals surface area contributed by atoms with Gasteiger partial charge in [0.15, 0.2) is 11.5 Å². The molecule has 8 bridgehead atoms. The van der Waals surface area contributed by atoms with Gasteiger partial charge in [0.25, 0.3) is 0 Å². The van der Waals surface area contributed by atoms with E-state index in [0.29, 0.717) is 43.4 Å². The maximum atomic E-state index is 16.2. The maximum absolute atomic E-state index is 16.2. The SMILES string of the molecule is O=C(Cc1ccccc1)n1c2cncc(c2)c2ncc3[nH]nc(c4nc5c(cncc5c5ccc1s5)[nH]4)c3c2F. The summed E-state index contributed by atoms with van der Waals surface area (Å²) in [5.41, 5.74) is 4.02. The largest absolute Gasteiger partial charge is 0.335 e. The van der Waals surface area contributed by atoms with Gasteiger partial charge in [-0.2, -0.15) is 5.10 Å². The zero-order valence-electron chi connectivity index (χ0n) is 20.6. The number of aromatic nitrogens is 8. The molecule has 0 fully saturated rings. The molecule has 0 spiro atoms. The molecule has 9 nitrogen and oxygen atoms in total. The van der Waals surface area contributed by atoms with Crippen molar-refractivity contribution in [1.82, 2.24) is 39.7 Å². The Kier molecular flexibility index (Phi) is 4.88. The van der Waals surface area contributed by atoms with E-state index in [9.17, 15) is 4.79 Å². The Hall–Kier alpha value is -5.29. The minimum absolute atomic E-state index is 0.0974. The number of halogens is 1. The fraction of sp³-hybridized carbons (Fsp3) is 0.0345. The molecule has 0 aliphatic carbocycles. The van der Waals surface area contributed by atoms with E-state index in [1.165, 1.54) is 23.7 Å². The fourth-order valence-electron chi connectivity index (χ4n) is 5.09. The molecule has 0 radical (unpaired) electrons. The summed E-state index contributed by atoms with van der Waals surface area (Å²) in [6.45, 7) is 0. The van der Waals surface area contributed by atoms with Crippen LogP contribution in [0, 0.1) is 5.82 Å². The van der Waals surface area contributed by atoms with Crippen LogP contribution in [0.3, 0.4) is 0 Å². The van der Waals surface area contributed by atoms with E-state index in [0.717, 1.165) is 15.6 Å². The molecule has 0 aliphatic heterocycles. The van der Waals surface area contributed by atoms with E-state index in [-0.39, 0.29) is 23.2 Å². The summed E-state index contributed by atoms with van der Waals surface area (Å²) in [4.78, 5) is 35.8. The third kappa shape index (κ3) is 3.45. The minimum Gasteiger partial charge on any atom is -0.335 e. The van der Waals surface area contributed by atoms with Gasteiger partial charge in [-0.15, -0.1) is 11.3 Å². The van der Waals surface area contributed by atoms with Crippen LogP contribution in [-0.4, -0.2) is 45.6 Å². The molecule has 192 valence electrons. The Morgan fingerprint density at radius 1 is 0.925 bits per heavy atom. The first-order valence-electron chi connectivity index (χ1n) is 12.4. The van der Waals surface area contributed by atoms with Crippen molar-refractivity contribution in [2.45, 2.75) is 6.42 Å². The highest BCUT2D eigenvalue weighted by molar-refractivity contribution is 7.24. The normalized spacial score (nSPS) is 11.8. The molecule has 0 saturated heterocycles. The third-order valence-corrected chi connectivity index (χ3v) is 8.05. The molecule has 0 saturated carbocycles. The molecule has 0 amide bonds.